The van der Waals surface area contributed by atoms with Gasteiger partial charge in [-0.2, -0.15) is 0 Å². The Morgan fingerprint density at radius 1 is 1.31 bits per heavy atom. The maximum Gasteiger partial charge on any atom is 0.242 e. The van der Waals surface area contributed by atoms with Crippen LogP contribution in [0.5, 0.6) is 0 Å². The van der Waals surface area contributed by atoms with Crippen molar-refractivity contribution in [3.8, 4) is 0 Å². The fourth-order valence-electron chi connectivity index (χ4n) is 2.52. The van der Waals surface area contributed by atoms with E-state index in [9.17, 15) is 8.42 Å². The number of aromatic nitrogens is 4. The van der Waals surface area contributed by atoms with Gasteiger partial charge in [0.1, 0.15) is 5.82 Å². The third-order valence-electron chi connectivity index (χ3n) is 3.77. The molecule has 1 aromatic carbocycles. The van der Waals surface area contributed by atoms with Gasteiger partial charge in [-0.3, -0.25) is 0 Å². The van der Waals surface area contributed by atoms with Gasteiger partial charge in [0.25, 0.3) is 0 Å². The summed E-state index contributed by atoms with van der Waals surface area (Å²) in [5.74, 6) is 1.49. The fourth-order valence-corrected chi connectivity index (χ4v) is 5.02. The highest BCUT2D eigenvalue weighted by Crippen LogP contribution is 2.29. The minimum atomic E-state index is -3.49. The van der Waals surface area contributed by atoms with Gasteiger partial charge in [0, 0.05) is 20.6 Å². The van der Waals surface area contributed by atoms with Crippen LogP contribution in [0.4, 0.5) is 5.13 Å². The van der Waals surface area contributed by atoms with E-state index in [0.29, 0.717) is 16.4 Å². The second-order valence-corrected chi connectivity index (χ2v) is 10.2. The van der Waals surface area contributed by atoms with Crippen LogP contribution in [-0.4, -0.2) is 46.6 Å². The zero-order valence-electron chi connectivity index (χ0n) is 14.7. The highest BCUT2D eigenvalue weighted by atomic mass is 32.2. The molecule has 0 amide bonds. The largest absolute Gasteiger partial charge is 0.374 e. The van der Waals surface area contributed by atoms with Crippen LogP contribution in [0.3, 0.4) is 0 Å². The number of sulfonamides is 1. The van der Waals surface area contributed by atoms with Crippen molar-refractivity contribution in [2.24, 2.45) is 0 Å². The van der Waals surface area contributed by atoms with E-state index in [4.69, 9.17) is 5.73 Å². The summed E-state index contributed by atoms with van der Waals surface area (Å²) in [4.78, 5) is 4.91. The van der Waals surface area contributed by atoms with Crippen molar-refractivity contribution < 1.29 is 8.42 Å². The molecule has 8 nitrogen and oxygen atoms in total. The molecular formula is C15H20N6O2S3. The van der Waals surface area contributed by atoms with Gasteiger partial charge in [0.15, 0.2) is 4.34 Å². The van der Waals surface area contributed by atoms with Gasteiger partial charge in [-0.05, 0) is 24.6 Å². The summed E-state index contributed by atoms with van der Waals surface area (Å²) >= 11 is 2.86. The Hall–Kier alpha value is -1.69. The van der Waals surface area contributed by atoms with Crippen molar-refractivity contribution in [2.45, 2.75) is 34.9 Å². The van der Waals surface area contributed by atoms with E-state index in [0.717, 1.165) is 28.6 Å². The van der Waals surface area contributed by atoms with Crippen LogP contribution in [0.1, 0.15) is 19.2 Å². The van der Waals surface area contributed by atoms with Crippen LogP contribution in [0, 0.1) is 0 Å². The molecule has 3 rings (SSSR count). The molecule has 0 radical (unpaired) electrons. The number of thioether (sulfide) groups is 1. The molecule has 0 atom stereocenters. The molecule has 0 unspecified atom stereocenters. The van der Waals surface area contributed by atoms with Crippen molar-refractivity contribution >= 4 is 49.3 Å². The van der Waals surface area contributed by atoms with Crippen molar-refractivity contribution in [2.75, 3.05) is 19.8 Å². The number of anilines is 1. The Balaban J connectivity index is 1.98. The van der Waals surface area contributed by atoms with Gasteiger partial charge in [0.05, 0.1) is 21.7 Å². The standard InChI is InChI=1S/C15H20N6O2S3/c1-4-7-21-12-6-5-10(26(22,23)20(2)3)8-11(12)17-13(21)9-24-15-19-18-14(16)25-15/h5-6,8H,4,7,9H2,1-3H3,(H2,16,18). The second kappa shape index (κ2) is 7.51. The first-order valence-electron chi connectivity index (χ1n) is 7.96. The number of imidazole rings is 1. The van der Waals surface area contributed by atoms with Crippen LogP contribution in [0.2, 0.25) is 0 Å². The molecule has 11 heteroatoms. The number of hydrogen-bond donors (Lipinski definition) is 1. The van der Waals surface area contributed by atoms with Crippen molar-refractivity contribution in [3.05, 3.63) is 24.0 Å². The van der Waals surface area contributed by atoms with Crippen molar-refractivity contribution in [3.63, 3.8) is 0 Å². The lowest BCUT2D eigenvalue weighted by Gasteiger charge is -2.11. The average Bonchev–Trinajstić information content (AvgIpc) is 3.16. The number of nitrogens with two attached hydrogens (primary N) is 1. The molecular weight excluding hydrogens is 392 g/mol. The fraction of sp³-hybridized carbons (Fsp3) is 0.400. The number of hydrogen-bond acceptors (Lipinski definition) is 8. The van der Waals surface area contributed by atoms with Gasteiger partial charge in [-0.1, -0.05) is 30.0 Å². The van der Waals surface area contributed by atoms with Gasteiger partial charge >= 0.3 is 0 Å². The Kier molecular flexibility index (Phi) is 5.51. The summed E-state index contributed by atoms with van der Waals surface area (Å²) in [7, 11) is -0.451. The molecule has 2 aromatic heterocycles. The minimum Gasteiger partial charge on any atom is -0.374 e. The predicted molar refractivity (Wildman–Crippen MR) is 105 cm³/mol. The second-order valence-electron chi connectivity index (χ2n) is 5.81. The first-order chi connectivity index (χ1) is 12.3. The predicted octanol–water partition coefficient (Wildman–Crippen LogP) is 2.42. The number of nitrogens with zero attached hydrogens (tertiary/aromatic N) is 5. The molecule has 0 fully saturated rings. The summed E-state index contributed by atoms with van der Waals surface area (Å²) in [5, 5.41) is 8.26. The summed E-state index contributed by atoms with van der Waals surface area (Å²) < 4.78 is 28.8. The molecule has 140 valence electrons. The number of fused-ring (bicyclic) bond motifs is 1. The molecule has 0 saturated carbocycles. The highest BCUT2D eigenvalue weighted by Gasteiger charge is 2.20. The molecule has 2 heterocycles. The number of benzene rings is 1. The summed E-state index contributed by atoms with van der Waals surface area (Å²) in [6.45, 7) is 2.91. The Bertz CT molecular complexity index is 1030. The quantitative estimate of drug-likeness (QED) is 0.594. The molecule has 2 N–H and O–H groups in total. The van der Waals surface area contributed by atoms with E-state index in [1.54, 1.807) is 12.1 Å². The summed E-state index contributed by atoms with van der Waals surface area (Å²) in [6, 6.07) is 5.09. The van der Waals surface area contributed by atoms with E-state index in [1.165, 1.54) is 41.5 Å². The summed E-state index contributed by atoms with van der Waals surface area (Å²) in [6.07, 6.45) is 0.951. The van der Waals surface area contributed by atoms with E-state index in [2.05, 4.69) is 26.7 Å². The van der Waals surface area contributed by atoms with Gasteiger partial charge in [-0.15, -0.1) is 10.2 Å². The zero-order valence-corrected chi connectivity index (χ0v) is 17.2. The monoisotopic (exact) mass is 412 g/mol. The van der Waals surface area contributed by atoms with Gasteiger partial charge in [0.2, 0.25) is 15.2 Å². The molecule has 0 bridgehead atoms. The maximum absolute atomic E-state index is 12.4. The average molecular weight is 413 g/mol. The third-order valence-corrected chi connectivity index (χ3v) is 7.46. The molecule has 0 spiro atoms. The maximum atomic E-state index is 12.4. The molecule has 0 saturated heterocycles. The summed E-state index contributed by atoms with van der Waals surface area (Å²) in [5.41, 5.74) is 7.22. The first kappa shape index (κ1) is 19.1. The molecule has 0 aliphatic heterocycles. The van der Waals surface area contributed by atoms with E-state index >= 15 is 0 Å². The lowest BCUT2D eigenvalue weighted by Crippen LogP contribution is -2.22. The van der Waals surface area contributed by atoms with E-state index < -0.39 is 10.0 Å². The number of nitrogen functional groups attached to an aromatic ring is 1. The lowest BCUT2D eigenvalue weighted by atomic mass is 10.3. The normalized spacial score (nSPS) is 12.3. The van der Waals surface area contributed by atoms with Crippen LogP contribution < -0.4 is 5.73 Å². The van der Waals surface area contributed by atoms with Gasteiger partial charge in [-0.25, -0.2) is 17.7 Å². The lowest BCUT2D eigenvalue weighted by molar-refractivity contribution is 0.521. The third kappa shape index (κ3) is 3.70. The van der Waals surface area contributed by atoms with Crippen LogP contribution in [0.25, 0.3) is 11.0 Å². The molecule has 0 aliphatic rings. The Morgan fingerprint density at radius 3 is 2.69 bits per heavy atom. The zero-order chi connectivity index (χ0) is 18.9. The molecule has 0 aliphatic carbocycles. The topological polar surface area (TPSA) is 107 Å². The van der Waals surface area contributed by atoms with Gasteiger partial charge < -0.3 is 10.3 Å². The molecule has 26 heavy (non-hydrogen) atoms. The minimum absolute atomic E-state index is 0.243. The van der Waals surface area contributed by atoms with Crippen LogP contribution in [0.15, 0.2) is 27.4 Å². The Morgan fingerprint density at radius 2 is 2.08 bits per heavy atom. The number of rotatable bonds is 7. The molecule has 3 aromatic rings. The van der Waals surface area contributed by atoms with Crippen LogP contribution >= 0.6 is 23.1 Å². The van der Waals surface area contributed by atoms with E-state index in [1.807, 2.05) is 6.07 Å². The van der Waals surface area contributed by atoms with Crippen molar-refractivity contribution in [1.82, 2.24) is 24.1 Å². The van der Waals surface area contributed by atoms with Crippen LogP contribution in [-0.2, 0) is 22.3 Å². The first-order valence-corrected chi connectivity index (χ1v) is 11.2. The van der Waals surface area contributed by atoms with E-state index in [-0.39, 0.29) is 4.90 Å². The number of aryl methyl sites for hydroxylation is 1. The highest BCUT2D eigenvalue weighted by molar-refractivity contribution is 8.00. The smallest absolute Gasteiger partial charge is 0.242 e. The Labute approximate surface area is 160 Å². The van der Waals surface area contributed by atoms with Crippen molar-refractivity contribution in [1.29, 1.82) is 0 Å². The SMILES string of the molecule is CCCn1c(CSc2nnc(N)s2)nc2cc(S(=O)(=O)N(C)C)ccc21.